The van der Waals surface area contributed by atoms with E-state index in [1.165, 1.54) is 11.1 Å². The molecule has 1 aromatic heterocycles. The lowest BCUT2D eigenvalue weighted by Crippen LogP contribution is -2.28. The molecular weight excluding hydrogens is 320 g/mol. The zero-order valence-electron chi connectivity index (χ0n) is 14.4. The number of H-pyrrole nitrogens is 1. The third-order valence-electron chi connectivity index (χ3n) is 4.78. The number of aromatic amines is 1. The molecule has 0 spiro atoms. The first-order valence-corrected chi connectivity index (χ1v) is 8.86. The van der Waals surface area contributed by atoms with Gasteiger partial charge in [-0.1, -0.05) is 38.1 Å². The van der Waals surface area contributed by atoms with E-state index in [0.717, 1.165) is 12.2 Å². The average molecular weight is 344 g/mol. The maximum Gasteiger partial charge on any atom is 0.223 e. The number of nitrogens with one attached hydrogen (secondary N) is 2. The van der Waals surface area contributed by atoms with Crippen LogP contribution in [0.25, 0.3) is 0 Å². The Morgan fingerprint density at radius 3 is 2.71 bits per heavy atom. The monoisotopic (exact) mass is 344 g/mol. The van der Waals surface area contributed by atoms with E-state index in [1.807, 2.05) is 11.6 Å². The van der Waals surface area contributed by atoms with Crippen LogP contribution in [0, 0.1) is 10.7 Å². The summed E-state index contributed by atoms with van der Waals surface area (Å²) in [6.07, 6.45) is 1.62. The minimum atomic E-state index is 0.109. The van der Waals surface area contributed by atoms with E-state index in [-0.39, 0.29) is 11.8 Å². The van der Waals surface area contributed by atoms with E-state index >= 15 is 0 Å². The van der Waals surface area contributed by atoms with Crippen LogP contribution in [0.15, 0.2) is 24.3 Å². The van der Waals surface area contributed by atoms with Gasteiger partial charge in [-0.2, -0.15) is 5.10 Å². The highest BCUT2D eigenvalue weighted by Crippen LogP contribution is 2.47. The van der Waals surface area contributed by atoms with Crippen LogP contribution >= 0.6 is 12.2 Å². The van der Waals surface area contributed by atoms with Crippen molar-refractivity contribution < 1.29 is 4.79 Å². The van der Waals surface area contributed by atoms with Gasteiger partial charge in [0.15, 0.2) is 4.77 Å². The molecule has 3 rings (SSSR count). The molecule has 128 valence electrons. The minimum absolute atomic E-state index is 0.109. The molecule has 0 bridgehead atoms. The molecular formula is C18H24N4OS. The van der Waals surface area contributed by atoms with Gasteiger partial charge in [-0.05, 0) is 41.6 Å². The summed E-state index contributed by atoms with van der Waals surface area (Å²) in [7, 11) is 1.88. The van der Waals surface area contributed by atoms with Crippen molar-refractivity contribution in [2.24, 2.45) is 13.0 Å². The van der Waals surface area contributed by atoms with Gasteiger partial charge in [0.1, 0.15) is 5.82 Å². The molecule has 2 atom stereocenters. The van der Waals surface area contributed by atoms with E-state index in [0.29, 0.717) is 29.6 Å². The van der Waals surface area contributed by atoms with Crippen LogP contribution < -0.4 is 5.32 Å². The Balaban J connectivity index is 1.49. The lowest BCUT2D eigenvalue weighted by Gasteiger charge is -2.07. The molecule has 1 fully saturated rings. The van der Waals surface area contributed by atoms with E-state index in [4.69, 9.17) is 12.2 Å². The summed E-state index contributed by atoms with van der Waals surface area (Å²) < 4.78 is 2.43. The molecule has 24 heavy (non-hydrogen) atoms. The summed E-state index contributed by atoms with van der Waals surface area (Å²) >= 11 is 5.08. The highest BCUT2D eigenvalue weighted by molar-refractivity contribution is 7.71. The second kappa shape index (κ2) is 6.89. The standard InChI is InChI=1S/C18H24N4OS/c1-11(2)12-4-6-13(7-5-12)14-10-15(14)17(23)19-9-8-16-20-21-18(24)22(16)3/h4-7,11,14-15H,8-10H2,1-3H3,(H,19,23)(H,21,24)/t14-,15+/m1/s1. The smallest absolute Gasteiger partial charge is 0.223 e. The Morgan fingerprint density at radius 2 is 2.12 bits per heavy atom. The molecule has 1 aliphatic rings. The molecule has 6 heteroatoms. The van der Waals surface area contributed by atoms with Gasteiger partial charge in [0, 0.05) is 25.9 Å². The molecule has 1 heterocycles. The Bertz CT molecular complexity index is 775. The first kappa shape index (κ1) is 16.9. The van der Waals surface area contributed by atoms with Crippen molar-refractivity contribution in [1.29, 1.82) is 0 Å². The highest BCUT2D eigenvalue weighted by atomic mass is 32.1. The van der Waals surface area contributed by atoms with Gasteiger partial charge >= 0.3 is 0 Å². The summed E-state index contributed by atoms with van der Waals surface area (Å²) in [6, 6.07) is 8.69. The molecule has 1 aromatic carbocycles. The second-order valence-electron chi connectivity index (χ2n) is 6.82. The predicted molar refractivity (Wildman–Crippen MR) is 96.5 cm³/mol. The number of hydrogen-bond acceptors (Lipinski definition) is 3. The first-order chi connectivity index (χ1) is 11.5. The van der Waals surface area contributed by atoms with Crippen molar-refractivity contribution in [3.05, 3.63) is 46.0 Å². The minimum Gasteiger partial charge on any atom is -0.355 e. The number of nitrogens with zero attached hydrogens (tertiary/aromatic N) is 2. The Labute approximate surface area is 147 Å². The van der Waals surface area contributed by atoms with Crippen molar-refractivity contribution >= 4 is 18.1 Å². The van der Waals surface area contributed by atoms with E-state index in [2.05, 4.69) is 53.6 Å². The van der Waals surface area contributed by atoms with Crippen LogP contribution in [0.5, 0.6) is 0 Å². The van der Waals surface area contributed by atoms with Gasteiger partial charge in [-0.15, -0.1) is 0 Å². The van der Waals surface area contributed by atoms with E-state index in [1.54, 1.807) is 0 Å². The Hall–Kier alpha value is -1.95. The fourth-order valence-electron chi connectivity index (χ4n) is 3.01. The van der Waals surface area contributed by atoms with Crippen LogP contribution in [0.4, 0.5) is 0 Å². The topological polar surface area (TPSA) is 62.7 Å². The molecule has 2 aromatic rings. The molecule has 1 aliphatic carbocycles. The number of benzene rings is 1. The fraction of sp³-hybridized carbons (Fsp3) is 0.500. The van der Waals surface area contributed by atoms with Crippen molar-refractivity contribution in [2.45, 2.75) is 38.5 Å². The van der Waals surface area contributed by atoms with Crippen molar-refractivity contribution in [1.82, 2.24) is 20.1 Å². The van der Waals surface area contributed by atoms with Gasteiger partial charge in [0.2, 0.25) is 5.91 Å². The zero-order chi connectivity index (χ0) is 17.3. The second-order valence-corrected chi connectivity index (χ2v) is 7.20. The van der Waals surface area contributed by atoms with Crippen LogP contribution in [0.3, 0.4) is 0 Å². The largest absolute Gasteiger partial charge is 0.355 e. The Morgan fingerprint density at radius 1 is 1.42 bits per heavy atom. The van der Waals surface area contributed by atoms with Gasteiger partial charge in [0.05, 0.1) is 0 Å². The molecule has 0 saturated heterocycles. The third kappa shape index (κ3) is 3.59. The molecule has 1 amide bonds. The maximum absolute atomic E-state index is 12.3. The lowest BCUT2D eigenvalue weighted by atomic mass is 10.00. The predicted octanol–water partition coefficient (Wildman–Crippen LogP) is 3.06. The van der Waals surface area contributed by atoms with Gasteiger partial charge in [-0.25, -0.2) is 0 Å². The molecule has 5 nitrogen and oxygen atoms in total. The van der Waals surface area contributed by atoms with Gasteiger partial charge in [-0.3, -0.25) is 9.89 Å². The first-order valence-electron chi connectivity index (χ1n) is 8.45. The number of rotatable bonds is 6. The maximum atomic E-state index is 12.3. The van der Waals surface area contributed by atoms with Crippen LogP contribution in [0.1, 0.15) is 49.1 Å². The number of amides is 1. The number of carbonyl (C=O) groups is 1. The van der Waals surface area contributed by atoms with Gasteiger partial charge < -0.3 is 9.88 Å². The van der Waals surface area contributed by atoms with Crippen LogP contribution in [0.2, 0.25) is 0 Å². The Kier molecular flexibility index (Phi) is 4.85. The molecule has 2 N–H and O–H groups in total. The molecule has 0 aliphatic heterocycles. The van der Waals surface area contributed by atoms with E-state index in [9.17, 15) is 4.79 Å². The average Bonchev–Trinajstić information content (AvgIpc) is 3.31. The summed E-state index contributed by atoms with van der Waals surface area (Å²) in [4.78, 5) is 12.3. The lowest BCUT2D eigenvalue weighted by molar-refractivity contribution is -0.122. The SMILES string of the molecule is CC(C)c1ccc([C@H]2C[C@@H]2C(=O)NCCc2n[nH]c(=S)n2C)cc1. The third-order valence-corrected chi connectivity index (χ3v) is 5.14. The van der Waals surface area contributed by atoms with Crippen molar-refractivity contribution in [3.63, 3.8) is 0 Å². The molecule has 1 saturated carbocycles. The molecule has 0 radical (unpaired) electrons. The van der Waals surface area contributed by atoms with Crippen molar-refractivity contribution in [2.75, 3.05) is 6.54 Å². The summed E-state index contributed by atoms with van der Waals surface area (Å²) in [6.45, 7) is 4.97. The van der Waals surface area contributed by atoms with E-state index < -0.39 is 0 Å². The number of hydrogen-bond donors (Lipinski definition) is 2. The van der Waals surface area contributed by atoms with Crippen LogP contribution in [-0.2, 0) is 18.3 Å². The normalized spacial score (nSPS) is 19.5. The number of carbonyl (C=O) groups excluding carboxylic acids is 1. The van der Waals surface area contributed by atoms with Crippen molar-refractivity contribution in [3.8, 4) is 0 Å². The number of aromatic nitrogens is 3. The summed E-state index contributed by atoms with van der Waals surface area (Å²) in [5.74, 6) is 2.02. The fourth-order valence-corrected chi connectivity index (χ4v) is 3.16. The summed E-state index contributed by atoms with van der Waals surface area (Å²) in [5.41, 5.74) is 2.61. The van der Waals surface area contributed by atoms with Gasteiger partial charge in [0.25, 0.3) is 0 Å². The quantitative estimate of drug-likeness (QED) is 0.792. The molecule has 0 unspecified atom stereocenters. The highest BCUT2D eigenvalue weighted by Gasteiger charge is 2.43. The zero-order valence-corrected chi connectivity index (χ0v) is 15.2. The van der Waals surface area contributed by atoms with Crippen LogP contribution in [-0.4, -0.2) is 27.2 Å². The summed E-state index contributed by atoms with van der Waals surface area (Å²) in [5, 5.41) is 9.92.